The summed E-state index contributed by atoms with van der Waals surface area (Å²) >= 11 is 12.0. The number of ether oxygens (including phenoxy) is 2. The summed E-state index contributed by atoms with van der Waals surface area (Å²) < 4.78 is 11.4. The Morgan fingerprint density at radius 3 is 2.19 bits per heavy atom. The molecule has 1 atom stereocenters. The van der Waals surface area contributed by atoms with Crippen molar-refractivity contribution < 1.29 is 9.47 Å². The van der Waals surface area contributed by atoms with Crippen LogP contribution in [0, 0.1) is 5.92 Å². The molecule has 0 amide bonds. The minimum Gasteiger partial charge on any atom is -0.496 e. The molecule has 0 aliphatic heterocycles. The lowest BCUT2D eigenvalue weighted by Crippen LogP contribution is -2.12. The van der Waals surface area contributed by atoms with Crippen molar-refractivity contribution in [3.8, 4) is 11.5 Å². The second-order valence-corrected chi connectivity index (χ2v) is 5.80. The number of methoxy groups -OCH3 is 1. The number of halogens is 2. The smallest absolute Gasteiger partial charge is 0.124 e. The molecule has 1 aromatic carbocycles. The van der Waals surface area contributed by atoms with Crippen molar-refractivity contribution >= 4 is 23.2 Å². The van der Waals surface area contributed by atoms with Gasteiger partial charge in [0.2, 0.25) is 0 Å². The summed E-state index contributed by atoms with van der Waals surface area (Å²) in [4.78, 5) is 0. The van der Waals surface area contributed by atoms with E-state index in [-0.39, 0.29) is 0 Å². The largest absolute Gasteiger partial charge is 0.496 e. The second-order valence-electron chi connectivity index (χ2n) is 5.27. The molecule has 0 N–H and O–H groups in total. The van der Waals surface area contributed by atoms with Crippen LogP contribution in [0.1, 0.15) is 50.7 Å². The topological polar surface area (TPSA) is 18.5 Å². The van der Waals surface area contributed by atoms with E-state index in [1.807, 2.05) is 12.1 Å². The average molecular weight is 333 g/mol. The summed E-state index contributed by atoms with van der Waals surface area (Å²) in [6, 6.07) is 3.88. The molecule has 0 spiro atoms. The molecule has 0 aromatic heterocycles. The van der Waals surface area contributed by atoms with E-state index in [1.54, 1.807) is 7.11 Å². The molecule has 2 nitrogen and oxygen atoms in total. The minimum absolute atomic E-state index is 0.398. The van der Waals surface area contributed by atoms with Crippen LogP contribution in [-0.4, -0.2) is 13.7 Å². The molecular weight excluding hydrogens is 307 g/mol. The van der Waals surface area contributed by atoms with E-state index >= 15 is 0 Å². The maximum absolute atomic E-state index is 6.02. The molecule has 0 aliphatic rings. The van der Waals surface area contributed by atoms with Crippen LogP contribution >= 0.6 is 23.2 Å². The Bertz CT molecular complexity index is 421. The van der Waals surface area contributed by atoms with Gasteiger partial charge >= 0.3 is 0 Å². The van der Waals surface area contributed by atoms with Crippen molar-refractivity contribution in [3.63, 3.8) is 0 Å². The van der Waals surface area contributed by atoms with Crippen molar-refractivity contribution in [2.75, 3.05) is 13.7 Å². The van der Waals surface area contributed by atoms with Crippen LogP contribution in [0.2, 0.25) is 0 Å². The Morgan fingerprint density at radius 1 is 1.05 bits per heavy atom. The first-order chi connectivity index (χ1) is 10.2. The van der Waals surface area contributed by atoms with E-state index in [2.05, 4.69) is 13.8 Å². The fourth-order valence-electron chi connectivity index (χ4n) is 2.28. The molecule has 1 aromatic rings. The highest BCUT2D eigenvalue weighted by molar-refractivity contribution is 6.18. The SMILES string of the molecule is CCCC[C@H](CC)COc1cc(CCl)c(OC)cc1CCl. The van der Waals surface area contributed by atoms with Crippen molar-refractivity contribution in [1.82, 2.24) is 0 Å². The van der Waals surface area contributed by atoms with E-state index < -0.39 is 0 Å². The molecule has 4 heteroatoms. The van der Waals surface area contributed by atoms with E-state index in [0.29, 0.717) is 17.7 Å². The molecule has 1 rings (SSSR count). The summed E-state index contributed by atoms with van der Waals surface area (Å²) in [7, 11) is 1.64. The quantitative estimate of drug-likeness (QED) is 0.506. The van der Waals surface area contributed by atoms with Crippen LogP contribution in [0.4, 0.5) is 0 Å². The van der Waals surface area contributed by atoms with Gasteiger partial charge in [0.25, 0.3) is 0 Å². The molecular formula is C17H26Cl2O2. The molecule has 0 saturated carbocycles. The lowest BCUT2D eigenvalue weighted by atomic mass is 10.0. The molecule has 0 bridgehead atoms. The maximum atomic E-state index is 6.02. The van der Waals surface area contributed by atoms with Crippen LogP contribution in [0.15, 0.2) is 12.1 Å². The molecule has 0 aliphatic carbocycles. The number of hydrogen-bond acceptors (Lipinski definition) is 2. The van der Waals surface area contributed by atoms with Gasteiger partial charge in [-0.3, -0.25) is 0 Å². The van der Waals surface area contributed by atoms with Crippen LogP contribution in [0.5, 0.6) is 11.5 Å². The van der Waals surface area contributed by atoms with E-state index in [0.717, 1.165) is 35.7 Å². The zero-order valence-electron chi connectivity index (χ0n) is 13.3. The third kappa shape index (κ3) is 5.60. The lowest BCUT2D eigenvalue weighted by molar-refractivity contribution is 0.231. The molecule has 0 radical (unpaired) electrons. The monoisotopic (exact) mass is 332 g/mol. The third-order valence-electron chi connectivity index (χ3n) is 3.77. The van der Waals surface area contributed by atoms with Crippen LogP contribution in [-0.2, 0) is 11.8 Å². The van der Waals surface area contributed by atoms with Crippen molar-refractivity contribution in [3.05, 3.63) is 23.3 Å². The average Bonchev–Trinajstić information content (AvgIpc) is 2.54. The number of rotatable bonds is 10. The van der Waals surface area contributed by atoms with Crippen LogP contribution < -0.4 is 9.47 Å². The zero-order valence-corrected chi connectivity index (χ0v) is 14.8. The Labute approximate surface area is 138 Å². The molecule has 0 heterocycles. The van der Waals surface area contributed by atoms with E-state index in [9.17, 15) is 0 Å². The number of hydrogen-bond donors (Lipinski definition) is 0. The van der Waals surface area contributed by atoms with Gasteiger partial charge in [-0.25, -0.2) is 0 Å². The predicted octanol–water partition coefficient (Wildman–Crippen LogP) is 5.77. The van der Waals surface area contributed by atoms with Gasteiger partial charge in [-0.05, 0) is 24.5 Å². The predicted molar refractivity (Wildman–Crippen MR) is 90.9 cm³/mol. The summed E-state index contributed by atoms with van der Waals surface area (Å²) in [6.07, 6.45) is 4.82. The summed E-state index contributed by atoms with van der Waals surface area (Å²) in [5.41, 5.74) is 1.89. The van der Waals surface area contributed by atoms with Crippen molar-refractivity contribution in [2.24, 2.45) is 5.92 Å². The van der Waals surface area contributed by atoms with Gasteiger partial charge in [0.15, 0.2) is 0 Å². The van der Waals surface area contributed by atoms with E-state index in [4.69, 9.17) is 32.7 Å². The van der Waals surface area contributed by atoms with Crippen molar-refractivity contribution in [1.29, 1.82) is 0 Å². The van der Waals surface area contributed by atoms with Crippen LogP contribution in [0.25, 0.3) is 0 Å². The summed E-state index contributed by atoms with van der Waals surface area (Å²) in [6.45, 7) is 5.16. The normalized spacial score (nSPS) is 12.2. The molecule has 120 valence electrons. The van der Waals surface area contributed by atoms with Gasteiger partial charge in [0.1, 0.15) is 11.5 Å². The first-order valence-corrected chi connectivity index (χ1v) is 8.71. The van der Waals surface area contributed by atoms with Gasteiger partial charge < -0.3 is 9.47 Å². The second kappa shape index (κ2) is 10.2. The fraction of sp³-hybridized carbons (Fsp3) is 0.647. The third-order valence-corrected chi connectivity index (χ3v) is 4.35. The van der Waals surface area contributed by atoms with Gasteiger partial charge in [-0.1, -0.05) is 33.1 Å². The highest BCUT2D eigenvalue weighted by Gasteiger charge is 2.13. The van der Waals surface area contributed by atoms with Gasteiger partial charge in [-0.15, -0.1) is 23.2 Å². The van der Waals surface area contributed by atoms with Gasteiger partial charge in [0, 0.05) is 11.1 Å². The summed E-state index contributed by atoms with van der Waals surface area (Å²) in [5, 5.41) is 0. The Hall–Kier alpha value is -0.600. The molecule has 21 heavy (non-hydrogen) atoms. The zero-order chi connectivity index (χ0) is 15.7. The highest BCUT2D eigenvalue weighted by atomic mass is 35.5. The van der Waals surface area contributed by atoms with Gasteiger partial charge in [-0.2, -0.15) is 0 Å². The minimum atomic E-state index is 0.398. The number of alkyl halides is 2. The fourth-order valence-corrected chi connectivity index (χ4v) is 2.70. The highest BCUT2D eigenvalue weighted by Crippen LogP contribution is 2.31. The number of benzene rings is 1. The number of unbranched alkanes of at least 4 members (excludes halogenated alkanes) is 1. The summed E-state index contributed by atoms with van der Waals surface area (Å²) in [5.74, 6) is 2.99. The van der Waals surface area contributed by atoms with Gasteiger partial charge in [0.05, 0.1) is 25.5 Å². The Balaban J connectivity index is 2.81. The Kier molecular flexibility index (Phi) is 8.94. The Morgan fingerprint density at radius 2 is 1.67 bits per heavy atom. The maximum Gasteiger partial charge on any atom is 0.124 e. The van der Waals surface area contributed by atoms with Crippen molar-refractivity contribution in [2.45, 2.75) is 51.3 Å². The molecule has 0 fully saturated rings. The lowest BCUT2D eigenvalue weighted by Gasteiger charge is -2.18. The standard InChI is InChI=1S/C17H26Cl2O2/c1-4-6-7-13(5-2)12-21-17-9-14(10-18)16(20-3)8-15(17)11-19/h8-9,13H,4-7,10-12H2,1-3H3/t13-/m0/s1. The van der Waals surface area contributed by atoms with E-state index in [1.165, 1.54) is 19.3 Å². The molecule has 0 saturated heterocycles. The molecule has 0 unspecified atom stereocenters. The first-order valence-electron chi connectivity index (χ1n) is 7.64. The van der Waals surface area contributed by atoms with Crippen LogP contribution in [0.3, 0.4) is 0 Å². The first kappa shape index (κ1) is 18.4.